The molecule has 1 aromatic rings. The Hall–Kier alpha value is 0.100. The molecule has 3 unspecified atom stereocenters. The molecule has 2 heterocycles. The average Bonchev–Trinajstić information content (AvgIpc) is 2.90. The highest BCUT2D eigenvalue weighted by molar-refractivity contribution is 9.10. The molecular formula is C12H17BrN2S. The minimum Gasteiger partial charge on any atom is -0.327 e. The molecule has 0 spiro atoms. The van der Waals surface area contributed by atoms with Crippen LogP contribution < -0.4 is 5.73 Å². The van der Waals surface area contributed by atoms with Gasteiger partial charge in [-0.05, 0) is 52.1 Å². The number of nitrogens with two attached hydrogens (primary N) is 1. The van der Waals surface area contributed by atoms with E-state index in [0.29, 0.717) is 6.04 Å². The monoisotopic (exact) mass is 300 g/mol. The van der Waals surface area contributed by atoms with Crippen molar-refractivity contribution >= 4 is 27.3 Å². The lowest BCUT2D eigenvalue weighted by Gasteiger charge is -2.17. The van der Waals surface area contributed by atoms with Gasteiger partial charge in [0, 0.05) is 35.0 Å². The van der Waals surface area contributed by atoms with Crippen LogP contribution in [0.2, 0.25) is 0 Å². The molecule has 16 heavy (non-hydrogen) atoms. The number of halogens is 1. The van der Waals surface area contributed by atoms with E-state index >= 15 is 0 Å². The van der Waals surface area contributed by atoms with Crippen molar-refractivity contribution < 1.29 is 0 Å². The summed E-state index contributed by atoms with van der Waals surface area (Å²) in [4.78, 5) is 4.03. The molecule has 1 aliphatic carbocycles. The van der Waals surface area contributed by atoms with E-state index in [0.717, 1.165) is 18.4 Å². The Balaban J connectivity index is 1.65. The molecule has 2 N–H and O–H groups in total. The van der Waals surface area contributed by atoms with Crippen molar-refractivity contribution in [3.8, 4) is 0 Å². The summed E-state index contributed by atoms with van der Waals surface area (Å²) < 4.78 is 1.26. The third kappa shape index (κ3) is 1.96. The van der Waals surface area contributed by atoms with Crippen molar-refractivity contribution in [3.05, 3.63) is 20.8 Å². The molecular weight excluding hydrogens is 284 g/mol. The molecule has 1 aliphatic heterocycles. The minimum absolute atomic E-state index is 0.460. The third-order valence-electron chi connectivity index (χ3n) is 4.05. The molecule has 0 amide bonds. The zero-order valence-electron chi connectivity index (χ0n) is 9.23. The lowest BCUT2D eigenvalue weighted by Crippen LogP contribution is -2.30. The predicted octanol–water partition coefficient (Wildman–Crippen LogP) is 2.68. The lowest BCUT2D eigenvalue weighted by atomic mass is 9.98. The van der Waals surface area contributed by atoms with Gasteiger partial charge in [0.1, 0.15) is 0 Å². The molecule has 1 aromatic heterocycles. The summed E-state index contributed by atoms with van der Waals surface area (Å²) in [6.45, 7) is 3.55. The van der Waals surface area contributed by atoms with Crippen molar-refractivity contribution in [3.63, 3.8) is 0 Å². The van der Waals surface area contributed by atoms with Crippen LogP contribution in [0.5, 0.6) is 0 Å². The van der Waals surface area contributed by atoms with Gasteiger partial charge in [-0.3, -0.25) is 4.90 Å². The van der Waals surface area contributed by atoms with E-state index in [9.17, 15) is 0 Å². The van der Waals surface area contributed by atoms with E-state index in [1.807, 2.05) is 11.3 Å². The highest BCUT2D eigenvalue weighted by Gasteiger charge is 2.40. The van der Waals surface area contributed by atoms with Gasteiger partial charge >= 0.3 is 0 Å². The summed E-state index contributed by atoms with van der Waals surface area (Å²) in [7, 11) is 0. The first-order chi connectivity index (χ1) is 7.74. The second kappa shape index (κ2) is 4.41. The van der Waals surface area contributed by atoms with Crippen molar-refractivity contribution in [2.75, 3.05) is 13.1 Å². The van der Waals surface area contributed by atoms with Crippen LogP contribution >= 0.6 is 27.3 Å². The molecule has 3 rings (SSSR count). The van der Waals surface area contributed by atoms with Crippen LogP contribution in [0.3, 0.4) is 0 Å². The Morgan fingerprint density at radius 2 is 2.31 bits per heavy atom. The van der Waals surface area contributed by atoms with Gasteiger partial charge in [-0.25, -0.2) is 0 Å². The van der Waals surface area contributed by atoms with E-state index in [4.69, 9.17) is 5.73 Å². The molecule has 88 valence electrons. The molecule has 4 heteroatoms. The van der Waals surface area contributed by atoms with Gasteiger partial charge in [-0.2, -0.15) is 0 Å². The standard InChI is InChI=1S/C12H17BrN2S/c13-10-3-4-16-12(10)7-15-5-8-1-2-11(14)9(8)6-15/h3-4,8-9,11H,1-2,5-7,14H2. The highest BCUT2D eigenvalue weighted by atomic mass is 79.9. The fraction of sp³-hybridized carbons (Fsp3) is 0.667. The van der Waals surface area contributed by atoms with Crippen LogP contribution in [0.15, 0.2) is 15.9 Å². The van der Waals surface area contributed by atoms with Crippen LogP contribution in [-0.2, 0) is 6.54 Å². The fourth-order valence-corrected chi connectivity index (χ4v) is 4.69. The van der Waals surface area contributed by atoms with Crippen molar-refractivity contribution in [2.24, 2.45) is 17.6 Å². The van der Waals surface area contributed by atoms with Gasteiger partial charge in [0.2, 0.25) is 0 Å². The maximum Gasteiger partial charge on any atom is 0.0339 e. The maximum atomic E-state index is 6.15. The van der Waals surface area contributed by atoms with Crippen LogP contribution in [0.4, 0.5) is 0 Å². The van der Waals surface area contributed by atoms with Gasteiger partial charge in [-0.15, -0.1) is 11.3 Å². The van der Waals surface area contributed by atoms with Gasteiger partial charge in [0.25, 0.3) is 0 Å². The Bertz CT molecular complexity index is 379. The van der Waals surface area contributed by atoms with Crippen LogP contribution in [0, 0.1) is 11.8 Å². The Kier molecular flexibility index (Phi) is 3.09. The first-order valence-corrected chi connectivity index (χ1v) is 7.61. The van der Waals surface area contributed by atoms with Gasteiger partial charge < -0.3 is 5.73 Å². The molecule has 2 fully saturated rings. The zero-order chi connectivity index (χ0) is 11.1. The summed E-state index contributed by atoms with van der Waals surface area (Å²) in [6.07, 6.45) is 2.58. The number of likely N-dealkylation sites (tertiary alicyclic amines) is 1. The van der Waals surface area contributed by atoms with Crippen molar-refractivity contribution in [1.82, 2.24) is 4.90 Å². The Labute approximate surface area is 109 Å². The van der Waals surface area contributed by atoms with E-state index in [1.165, 1.54) is 35.3 Å². The number of rotatable bonds is 2. The summed E-state index contributed by atoms with van der Waals surface area (Å²) in [5.41, 5.74) is 6.15. The van der Waals surface area contributed by atoms with Crippen molar-refractivity contribution in [2.45, 2.75) is 25.4 Å². The molecule has 0 aromatic carbocycles. The summed E-state index contributed by atoms with van der Waals surface area (Å²) >= 11 is 5.45. The average molecular weight is 301 g/mol. The predicted molar refractivity (Wildman–Crippen MR) is 71.5 cm³/mol. The topological polar surface area (TPSA) is 29.3 Å². The lowest BCUT2D eigenvalue weighted by molar-refractivity contribution is 0.300. The van der Waals surface area contributed by atoms with Gasteiger partial charge in [0.05, 0.1) is 0 Å². The largest absolute Gasteiger partial charge is 0.327 e. The van der Waals surface area contributed by atoms with Crippen LogP contribution in [0.1, 0.15) is 17.7 Å². The molecule has 0 radical (unpaired) electrons. The number of hydrogen-bond donors (Lipinski definition) is 1. The Morgan fingerprint density at radius 3 is 3.00 bits per heavy atom. The fourth-order valence-electron chi connectivity index (χ4n) is 3.17. The number of nitrogens with zero attached hydrogens (tertiary/aromatic N) is 1. The minimum atomic E-state index is 0.460. The smallest absolute Gasteiger partial charge is 0.0339 e. The first kappa shape index (κ1) is 11.2. The van der Waals surface area contributed by atoms with Crippen LogP contribution in [-0.4, -0.2) is 24.0 Å². The van der Waals surface area contributed by atoms with Crippen molar-refractivity contribution in [1.29, 1.82) is 0 Å². The molecule has 2 nitrogen and oxygen atoms in total. The summed E-state index contributed by atoms with van der Waals surface area (Å²) in [5.74, 6) is 1.63. The quantitative estimate of drug-likeness (QED) is 0.910. The van der Waals surface area contributed by atoms with Gasteiger partial charge in [-0.1, -0.05) is 0 Å². The molecule has 3 atom stereocenters. The number of hydrogen-bond acceptors (Lipinski definition) is 3. The molecule has 1 saturated carbocycles. The van der Waals surface area contributed by atoms with E-state index in [-0.39, 0.29) is 0 Å². The van der Waals surface area contributed by atoms with E-state index in [1.54, 1.807) is 0 Å². The number of fused-ring (bicyclic) bond motifs is 1. The molecule has 2 aliphatic rings. The van der Waals surface area contributed by atoms with E-state index in [2.05, 4.69) is 32.3 Å². The Morgan fingerprint density at radius 1 is 1.44 bits per heavy atom. The normalized spacial score (nSPS) is 34.5. The highest BCUT2D eigenvalue weighted by Crippen LogP contribution is 2.38. The zero-order valence-corrected chi connectivity index (χ0v) is 11.6. The molecule has 1 saturated heterocycles. The SMILES string of the molecule is NC1CCC2CN(Cc3sccc3Br)CC12. The number of thiophene rings is 1. The third-order valence-corrected chi connectivity index (χ3v) is 5.96. The van der Waals surface area contributed by atoms with E-state index < -0.39 is 0 Å². The maximum absolute atomic E-state index is 6.15. The summed E-state index contributed by atoms with van der Waals surface area (Å²) in [5, 5.41) is 2.15. The second-order valence-electron chi connectivity index (χ2n) is 5.05. The summed E-state index contributed by atoms with van der Waals surface area (Å²) in [6, 6.07) is 2.60. The van der Waals surface area contributed by atoms with Crippen LogP contribution in [0.25, 0.3) is 0 Å². The second-order valence-corrected chi connectivity index (χ2v) is 6.91. The molecule has 0 bridgehead atoms. The first-order valence-electron chi connectivity index (χ1n) is 5.94. The van der Waals surface area contributed by atoms with Gasteiger partial charge in [0.15, 0.2) is 0 Å².